The number of para-hydroxylation sites is 2. The van der Waals surface area contributed by atoms with Crippen molar-refractivity contribution in [1.29, 1.82) is 0 Å². The van der Waals surface area contributed by atoms with Crippen LogP contribution in [-0.2, 0) is 9.53 Å². The van der Waals surface area contributed by atoms with Gasteiger partial charge in [-0.3, -0.25) is 9.69 Å². The van der Waals surface area contributed by atoms with Gasteiger partial charge in [-0.05, 0) is 25.0 Å². The lowest BCUT2D eigenvalue weighted by Gasteiger charge is -2.44. The zero-order valence-electron chi connectivity index (χ0n) is 13.1. The summed E-state index contributed by atoms with van der Waals surface area (Å²) < 4.78 is 17.6. The van der Waals surface area contributed by atoms with Gasteiger partial charge in [0.15, 0.2) is 11.5 Å². The van der Waals surface area contributed by atoms with E-state index in [1.165, 1.54) is 0 Å². The van der Waals surface area contributed by atoms with Crippen molar-refractivity contribution < 1.29 is 19.0 Å². The van der Waals surface area contributed by atoms with E-state index in [9.17, 15) is 4.79 Å². The van der Waals surface area contributed by atoms with Crippen molar-refractivity contribution in [2.24, 2.45) is 0 Å². The molecule has 0 bridgehead atoms. The lowest BCUT2D eigenvalue weighted by Crippen LogP contribution is -2.58. The Morgan fingerprint density at radius 3 is 2.74 bits per heavy atom. The van der Waals surface area contributed by atoms with E-state index < -0.39 is 0 Å². The van der Waals surface area contributed by atoms with Crippen LogP contribution in [0.15, 0.2) is 24.3 Å². The Bertz CT molecular complexity index is 572. The SMILES string of the molecule is O=C1COC2(CCN(CC3COc4ccccc4O3)CC2)CN1. The van der Waals surface area contributed by atoms with Crippen molar-refractivity contribution in [3.63, 3.8) is 0 Å². The van der Waals surface area contributed by atoms with E-state index in [-0.39, 0.29) is 24.2 Å². The number of nitrogens with zero attached hydrogens (tertiary/aromatic N) is 1. The number of nitrogens with one attached hydrogen (secondary N) is 1. The minimum atomic E-state index is -0.166. The van der Waals surface area contributed by atoms with Gasteiger partial charge in [0.05, 0.1) is 5.60 Å². The number of carbonyl (C=O) groups is 1. The van der Waals surface area contributed by atoms with Crippen LogP contribution in [0.25, 0.3) is 0 Å². The van der Waals surface area contributed by atoms with E-state index in [0.717, 1.165) is 44.0 Å². The maximum atomic E-state index is 11.2. The summed E-state index contributed by atoms with van der Waals surface area (Å²) in [5.41, 5.74) is -0.166. The predicted molar refractivity (Wildman–Crippen MR) is 83.7 cm³/mol. The smallest absolute Gasteiger partial charge is 0.246 e. The number of hydrogen-bond acceptors (Lipinski definition) is 5. The van der Waals surface area contributed by atoms with Crippen LogP contribution in [0.3, 0.4) is 0 Å². The Balaban J connectivity index is 1.30. The minimum absolute atomic E-state index is 0.00975. The molecule has 1 unspecified atom stereocenters. The number of fused-ring (bicyclic) bond motifs is 1. The Morgan fingerprint density at radius 1 is 1.22 bits per heavy atom. The van der Waals surface area contributed by atoms with Gasteiger partial charge in [0, 0.05) is 26.2 Å². The number of piperidine rings is 1. The molecule has 0 radical (unpaired) electrons. The summed E-state index contributed by atoms with van der Waals surface area (Å²) in [6, 6.07) is 7.80. The van der Waals surface area contributed by atoms with Gasteiger partial charge in [-0.1, -0.05) is 12.1 Å². The van der Waals surface area contributed by atoms with Crippen molar-refractivity contribution in [1.82, 2.24) is 10.2 Å². The van der Waals surface area contributed by atoms with Crippen LogP contribution >= 0.6 is 0 Å². The third-order valence-corrected chi connectivity index (χ3v) is 4.91. The predicted octanol–water partition coefficient (Wildman–Crippen LogP) is 0.807. The first-order valence-corrected chi connectivity index (χ1v) is 8.24. The summed E-state index contributed by atoms with van der Waals surface area (Å²) in [5.74, 6) is 1.65. The average Bonchev–Trinajstić information content (AvgIpc) is 2.60. The van der Waals surface area contributed by atoms with Crippen molar-refractivity contribution in [2.75, 3.05) is 39.4 Å². The molecule has 3 heterocycles. The van der Waals surface area contributed by atoms with E-state index in [4.69, 9.17) is 14.2 Å². The highest BCUT2D eigenvalue weighted by Gasteiger charge is 2.39. The standard InChI is InChI=1S/C17H22N2O4/c20-16-11-22-17(12-18-16)5-7-19(8-6-17)9-13-10-21-14-3-1-2-4-15(14)23-13/h1-4,13H,5-12H2,(H,18,20). The largest absolute Gasteiger partial charge is 0.486 e. The van der Waals surface area contributed by atoms with E-state index in [1.807, 2.05) is 24.3 Å². The fourth-order valence-corrected chi connectivity index (χ4v) is 3.49. The van der Waals surface area contributed by atoms with Crippen LogP contribution in [0.2, 0.25) is 0 Å². The fourth-order valence-electron chi connectivity index (χ4n) is 3.49. The summed E-state index contributed by atoms with van der Waals surface area (Å²) in [6.07, 6.45) is 1.94. The molecule has 0 aromatic heterocycles. The fraction of sp³-hybridized carbons (Fsp3) is 0.588. The van der Waals surface area contributed by atoms with Crippen molar-refractivity contribution in [2.45, 2.75) is 24.5 Å². The molecule has 0 saturated carbocycles. The summed E-state index contributed by atoms with van der Waals surface area (Å²) in [5, 5.41) is 2.92. The van der Waals surface area contributed by atoms with Gasteiger partial charge < -0.3 is 19.5 Å². The Kier molecular flexibility index (Phi) is 3.87. The molecular formula is C17H22N2O4. The number of hydrogen-bond donors (Lipinski definition) is 1. The lowest BCUT2D eigenvalue weighted by molar-refractivity contribution is -0.150. The van der Waals surface area contributed by atoms with Crippen LogP contribution in [0.4, 0.5) is 0 Å². The molecule has 1 atom stereocenters. The van der Waals surface area contributed by atoms with Crippen molar-refractivity contribution in [3.05, 3.63) is 24.3 Å². The maximum Gasteiger partial charge on any atom is 0.246 e. The summed E-state index contributed by atoms with van der Waals surface area (Å²) in [7, 11) is 0. The summed E-state index contributed by atoms with van der Waals surface area (Å²) >= 11 is 0. The molecule has 1 N–H and O–H groups in total. The highest BCUT2D eigenvalue weighted by Crippen LogP contribution is 2.32. The summed E-state index contributed by atoms with van der Waals surface area (Å²) in [6.45, 7) is 4.18. The average molecular weight is 318 g/mol. The maximum absolute atomic E-state index is 11.2. The highest BCUT2D eigenvalue weighted by molar-refractivity contribution is 5.78. The number of amides is 1. The zero-order chi connectivity index (χ0) is 15.7. The molecule has 6 nitrogen and oxygen atoms in total. The molecule has 1 aromatic carbocycles. The van der Waals surface area contributed by atoms with Crippen LogP contribution in [0.1, 0.15) is 12.8 Å². The topological polar surface area (TPSA) is 60.0 Å². The molecule has 1 spiro atoms. The van der Waals surface area contributed by atoms with Crippen LogP contribution in [-0.4, -0.2) is 61.9 Å². The third kappa shape index (κ3) is 3.14. The Labute approximate surface area is 135 Å². The van der Waals surface area contributed by atoms with E-state index >= 15 is 0 Å². The van der Waals surface area contributed by atoms with Crippen LogP contribution < -0.4 is 14.8 Å². The lowest BCUT2D eigenvalue weighted by atomic mass is 9.90. The number of morpholine rings is 1. The Hall–Kier alpha value is -1.79. The van der Waals surface area contributed by atoms with Gasteiger partial charge in [0.1, 0.15) is 19.3 Å². The first-order valence-electron chi connectivity index (χ1n) is 8.24. The van der Waals surface area contributed by atoms with Gasteiger partial charge in [-0.2, -0.15) is 0 Å². The molecule has 4 rings (SSSR count). The van der Waals surface area contributed by atoms with Gasteiger partial charge in [-0.15, -0.1) is 0 Å². The second-order valence-corrected chi connectivity index (χ2v) is 6.55. The first kappa shape index (κ1) is 14.8. The molecule has 1 aromatic rings. The normalized spacial score (nSPS) is 26.8. The molecule has 2 saturated heterocycles. The van der Waals surface area contributed by atoms with Crippen LogP contribution in [0.5, 0.6) is 11.5 Å². The van der Waals surface area contributed by atoms with Gasteiger partial charge in [0.25, 0.3) is 0 Å². The second kappa shape index (κ2) is 6.02. The number of rotatable bonds is 2. The Morgan fingerprint density at radius 2 is 2.00 bits per heavy atom. The number of ether oxygens (including phenoxy) is 3. The third-order valence-electron chi connectivity index (χ3n) is 4.91. The van der Waals surface area contributed by atoms with Gasteiger partial charge >= 0.3 is 0 Å². The molecule has 3 aliphatic rings. The molecule has 0 aliphatic carbocycles. The minimum Gasteiger partial charge on any atom is -0.486 e. The molecule has 6 heteroatoms. The molecule has 3 aliphatic heterocycles. The van der Waals surface area contributed by atoms with Crippen molar-refractivity contribution >= 4 is 5.91 Å². The molecular weight excluding hydrogens is 296 g/mol. The van der Waals surface area contributed by atoms with Crippen LogP contribution in [0, 0.1) is 0 Å². The monoisotopic (exact) mass is 318 g/mol. The van der Waals surface area contributed by atoms with E-state index in [2.05, 4.69) is 10.2 Å². The summed E-state index contributed by atoms with van der Waals surface area (Å²) in [4.78, 5) is 13.6. The van der Waals surface area contributed by atoms with Gasteiger partial charge in [-0.25, -0.2) is 0 Å². The second-order valence-electron chi connectivity index (χ2n) is 6.55. The van der Waals surface area contributed by atoms with E-state index in [0.29, 0.717) is 13.2 Å². The van der Waals surface area contributed by atoms with Crippen molar-refractivity contribution in [3.8, 4) is 11.5 Å². The van der Waals surface area contributed by atoms with Gasteiger partial charge in [0.2, 0.25) is 5.91 Å². The molecule has 1 amide bonds. The first-order chi connectivity index (χ1) is 11.2. The quantitative estimate of drug-likeness (QED) is 0.874. The molecule has 23 heavy (non-hydrogen) atoms. The zero-order valence-corrected chi connectivity index (χ0v) is 13.1. The van der Waals surface area contributed by atoms with E-state index in [1.54, 1.807) is 0 Å². The number of benzene rings is 1. The highest BCUT2D eigenvalue weighted by atomic mass is 16.6. The number of carbonyl (C=O) groups excluding carboxylic acids is 1. The number of likely N-dealkylation sites (tertiary alicyclic amines) is 1. The molecule has 124 valence electrons. The molecule has 2 fully saturated rings.